The zero-order valence-corrected chi connectivity index (χ0v) is 17.6. The molecule has 1 amide bonds. The Kier molecular flexibility index (Phi) is 4.61. The summed E-state index contributed by atoms with van der Waals surface area (Å²) in [5, 5.41) is 0.996. The number of likely N-dealkylation sites (tertiary alicyclic amines) is 1. The number of benzene rings is 1. The van der Waals surface area contributed by atoms with Crippen molar-refractivity contribution < 1.29 is 4.79 Å². The minimum atomic E-state index is 0.199. The first kappa shape index (κ1) is 18.6. The van der Waals surface area contributed by atoms with Crippen molar-refractivity contribution >= 4 is 17.7 Å². The number of carbonyl (C=O) groups is 1. The molecule has 1 aromatic carbocycles. The number of hydrogen-bond donors (Lipinski definition) is 0. The second-order valence-electron chi connectivity index (χ2n) is 9.46. The Morgan fingerprint density at radius 3 is 2.85 bits per heavy atom. The molecule has 2 aromatic rings. The standard InChI is InChI=1S/C22H29N3OS/c1-21(2)11-18-12-22(3,14-21)15-25(18)19(26)17-7-5-6-16(10-17)13-27-20-23-8-9-24(20)4/h5-10,18H,11-15H2,1-4H3. The summed E-state index contributed by atoms with van der Waals surface area (Å²) in [6, 6.07) is 8.52. The van der Waals surface area contributed by atoms with E-state index in [1.54, 1.807) is 11.8 Å². The summed E-state index contributed by atoms with van der Waals surface area (Å²) in [5.41, 5.74) is 2.59. The zero-order valence-electron chi connectivity index (χ0n) is 16.7. The van der Waals surface area contributed by atoms with Crippen LogP contribution >= 0.6 is 11.8 Å². The van der Waals surface area contributed by atoms with E-state index >= 15 is 0 Å². The Bertz CT molecular complexity index is 859. The average molecular weight is 384 g/mol. The van der Waals surface area contributed by atoms with Crippen molar-refractivity contribution in [3.63, 3.8) is 0 Å². The third kappa shape index (κ3) is 3.79. The minimum Gasteiger partial charge on any atom is -0.335 e. The van der Waals surface area contributed by atoms with Crippen LogP contribution in [0.2, 0.25) is 0 Å². The molecule has 1 saturated carbocycles. The summed E-state index contributed by atoms with van der Waals surface area (Å²) in [6.07, 6.45) is 7.24. The normalized spacial score (nSPS) is 26.4. The second kappa shape index (κ2) is 6.69. The van der Waals surface area contributed by atoms with Crippen molar-refractivity contribution in [3.8, 4) is 0 Å². The summed E-state index contributed by atoms with van der Waals surface area (Å²) < 4.78 is 2.02. The quantitative estimate of drug-likeness (QED) is 0.715. The number of rotatable bonds is 4. The van der Waals surface area contributed by atoms with E-state index in [0.717, 1.165) is 35.9 Å². The molecular weight excluding hydrogens is 354 g/mol. The van der Waals surface area contributed by atoms with Crippen molar-refractivity contribution in [1.29, 1.82) is 0 Å². The molecule has 1 aliphatic carbocycles. The van der Waals surface area contributed by atoms with Crippen LogP contribution in [0.1, 0.15) is 56.0 Å². The van der Waals surface area contributed by atoms with Crippen LogP contribution in [0.15, 0.2) is 41.8 Å². The van der Waals surface area contributed by atoms with Gasteiger partial charge in [-0.3, -0.25) is 4.79 Å². The molecule has 1 aliphatic heterocycles. The maximum absolute atomic E-state index is 13.3. The molecule has 1 aromatic heterocycles. The molecule has 0 spiro atoms. The predicted molar refractivity (Wildman–Crippen MR) is 110 cm³/mol. The van der Waals surface area contributed by atoms with Crippen LogP contribution in [0.4, 0.5) is 0 Å². The molecule has 4 rings (SSSR count). The number of aromatic nitrogens is 2. The molecule has 4 nitrogen and oxygen atoms in total. The average Bonchev–Trinajstić information content (AvgIpc) is 3.11. The van der Waals surface area contributed by atoms with Crippen molar-refractivity contribution in [2.75, 3.05) is 6.54 Å². The van der Waals surface area contributed by atoms with Gasteiger partial charge in [-0.25, -0.2) is 4.98 Å². The lowest BCUT2D eigenvalue weighted by Crippen LogP contribution is -2.37. The van der Waals surface area contributed by atoms with Gasteiger partial charge in [-0.2, -0.15) is 0 Å². The number of thioether (sulfide) groups is 1. The van der Waals surface area contributed by atoms with E-state index in [1.807, 2.05) is 36.1 Å². The van der Waals surface area contributed by atoms with Gasteiger partial charge in [-0.05, 0) is 47.8 Å². The molecule has 2 bridgehead atoms. The van der Waals surface area contributed by atoms with E-state index in [-0.39, 0.29) is 11.3 Å². The lowest BCUT2D eigenvalue weighted by molar-refractivity contribution is 0.0708. The van der Waals surface area contributed by atoms with Gasteiger partial charge in [0, 0.05) is 43.3 Å². The number of aryl methyl sites for hydroxylation is 1. The van der Waals surface area contributed by atoms with E-state index < -0.39 is 0 Å². The highest BCUT2D eigenvalue weighted by molar-refractivity contribution is 7.98. The van der Waals surface area contributed by atoms with Crippen molar-refractivity contribution in [3.05, 3.63) is 47.8 Å². The first-order valence-electron chi connectivity index (χ1n) is 9.75. The highest BCUT2D eigenvalue weighted by atomic mass is 32.2. The van der Waals surface area contributed by atoms with Gasteiger partial charge in [-0.15, -0.1) is 0 Å². The van der Waals surface area contributed by atoms with Gasteiger partial charge in [0.25, 0.3) is 5.91 Å². The van der Waals surface area contributed by atoms with Crippen LogP contribution in [-0.2, 0) is 12.8 Å². The molecule has 2 aliphatic rings. The highest BCUT2D eigenvalue weighted by Gasteiger charge is 2.50. The highest BCUT2D eigenvalue weighted by Crippen LogP contribution is 2.52. The fourth-order valence-electron chi connectivity index (χ4n) is 5.30. The van der Waals surface area contributed by atoms with Crippen molar-refractivity contribution in [1.82, 2.24) is 14.5 Å². The van der Waals surface area contributed by atoms with E-state index in [1.165, 1.54) is 12.0 Å². The molecule has 2 fully saturated rings. The zero-order chi connectivity index (χ0) is 19.2. The van der Waals surface area contributed by atoms with Gasteiger partial charge in [-0.1, -0.05) is 44.7 Å². The maximum Gasteiger partial charge on any atom is 0.254 e. The minimum absolute atomic E-state index is 0.199. The number of hydrogen-bond acceptors (Lipinski definition) is 3. The topological polar surface area (TPSA) is 38.1 Å². The lowest BCUT2D eigenvalue weighted by atomic mass is 9.65. The molecular formula is C22H29N3OS. The van der Waals surface area contributed by atoms with Crippen LogP contribution in [0.25, 0.3) is 0 Å². The molecule has 2 heterocycles. The van der Waals surface area contributed by atoms with Gasteiger partial charge < -0.3 is 9.47 Å². The van der Waals surface area contributed by atoms with Gasteiger partial charge in [0.05, 0.1) is 0 Å². The van der Waals surface area contributed by atoms with Crippen molar-refractivity contribution in [2.45, 2.75) is 57.0 Å². The predicted octanol–water partition coefficient (Wildman–Crippen LogP) is 4.75. The van der Waals surface area contributed by atoms with Crippen LogP contribution < -0.4 is 0 Å². The SMILES string of the molecule is Cn1ccnc1SCc1cccc(C(=O)N2CC3(C)CC2CC(C)(C)C3)c1. The van der Waals surface area contributed by atoms with E-state index in [9.17, 15) is 4.79 Å². The first-order chi connectivity index (χ1) is 12.7. The smallest absolute Gasteiger partial charge is 0.254 e. The number of imidazole rings is 1. The Balaban J connectivity index is 1.49. The largest absolute Gasteiger partial charge is 0.335 e. The molecule has 27 heavy (non-hydrogen) atoms. The molecule has 2 unspecified atom stereocenters. The van der Waals surface area contributed by atoms with Gasteiger partial charge in [0.2, 0.25) is 0 Å². The Morgan fingerprint density at radius 1 is 1.30 bits per heavy atom. The number of fused-ring (bicyclic) bond motifs is 2. The van der Waals surface area contributed by atoms with Gasteiger partial charge in [0.1, 0.15) is 0 Å². The third-order valence-corrected chi connectivity index (χ3v) is 7.12. The summed E-state index contributed by atoms with van der Waals surface area (Å²) in [5.74, 6) is 1.02. The van der Waals surface area contributed by atoms with E-state index in [0.29, 0.717) is 11.5 Å². The van der Waals surface area contributed by atoms with Crippen LogP contribution in [-0.4, -0.2) is 32.9 Å². The molecule has 0 N–H and O–H groups in total. The van der Waals surface area contributed by atoms with Crippen LogP contribution in [0.5, 0.6) is 0 Å². The van der Waals surface area contributed by atoms with Crippen LogP contribution in [0, 0.1) is 10.8 Å². The number of nitrogens with zero attached hydrogens (tertiary/aromatic N) is 3. The summed E-state index contributed by atoms with van der Waals surface area (Å²) in [6.45, 7) is 7.95. The van der Waals surface area contributed by atoms with Crippen LogP contribution in [0.3, 0.4) is 0 Å². The van der Waals surface area contributed by atoms with Gasteiger partial charge in [0.15, 0.2) is 5.16 Å². The van der Waals surface area contributed by atoms with Crippen molar-refractivity contribution in [2.24, 2.45) is 17.9 Å². The van der Waals surface area contributed by atoms with E-state index in [2.05, 4.69) is 42.8 Å². The Hall–Kier alpha value is -1.75. The van der Waals surface area contributed by atoms with Gasteiger partial charge >= 0.3 is 0 Å². The fourth-order valence-corrected chi connectivity index (χ4v) is 6.17. The summed E-state index contributed by atoms with van der Waals surface area (Å²) in [4.78, 5) is 19.8. The monoisotopic (exact) mass is 383 g/mol. The maximum atomic E-state index is 13.3. The molecule has 144 valence electrons. The molecule has 5 heteroatoms. The molecule has 0 radical (unpaired) electrons. The summed E-state index contributed by atoms with van der Waals surface area (Å²) in [7, 11) is 2.00. The number of carbonyl (C=O) groups excluding carboxylic acids is 1. The Labute approximate surface area is 166 Å². The Morgan fingerprint density at radius 2 is 2.11 bits per heavy atom. The second-order valence-corrected chi connectivity index (χ2v) is 10.4. The third-order valence-electron chi connectivity index (χ3n) is 5.99. The molecule has 2 atom stereocenters. The van der Waals surface area contributed by atoms with E-state index in [4.69, 9.17) is 0 Å². The fraction of sp³-hybridized carbons (Fsp3) is 0.545. The first-order valence-corrected chi connectivity index (χ1v) is 10.7. The lowest BCUT2D eigenvalue weighted by Gasteiger charge is -2.39. The number of amides is 1. The molecule has 1 saturated heterocycles. The summed E-state index contributed by atoms with van der Waals surface area (Å²) >= 11 is 1.70.